The number of aryl methyl sites for hydroxylation is 1. The van der Waals surface area contributed by atoms with Crippen molar-refractivity contribution in [3.05, 3.63) is 59.5 Å². The Bertz CT molecular complexity index is 750. The summed E-state index contributed by atoms with van der Waals surface area (Å²) in [6.07, 6.45) is 2.56. The van der Waals surface area contributed by atoms with Gasteiger partial charge < -0.3 is 14.6 Å². The van der Waals surface area contributed by atoms with E-state index in [1.54, 1.807) is 12.1 Å². The smallest absolute Gasteiger partial charge is 0.286 e. The van der Waals surface area contributed by atoms with Crippen LogP contribution in [0.1, 0.15) is 34.5 Å². The molecule has 0 unspecified atom stereocenters. The Kier molecular flexibility index (Phi) is 6.65. The summed E-state index contributed by atoms with van der Waals surface area (Å²) in [7, 11) is 0. The van der Waals surface area contributed by atoms with E-state index in [1.165, 1.54) is 17.4 Å². The van der Waals surface area contributed by atoms with Crippen LogP contribution in [0, 0.1) is 6.92 Å². The molecule has 0 spiro atoms. The molecule has 1 N–H and O–H groups in total. The van der Waals surface area contributed by atoms with Crippen molar-refractivity contribution < 1.29 is 14.0 Å². The molecule has 2 amide bonds. The standard InChI is InChI=1S/C21H27N3O3/c1-17-5-2-6-18(15-17)16-23-10-12-24(13-11-23)20(25)8-3-9-22-21(26)19-7-4-14-27-19/h2,4-7,14-15H,3,8-13,16H2,1H3,(H,22,26). The Balaban J connectivity index is 1.33. The van der Waals surface area contributed by atoms with Crippen LogP contribution in [0.25, 0.3) is 0 Å². The molecule has 6 heteroatoms. The number of hydrogen-bond donors (Lipinski definition) is 1. The van der Waals surface area contributed by atoms with Gasteiger partial charge in [-0.05, 0) is 31.0 Å². The van der Waals surface area contributed by atoms with Gasteiger partial charge >= 0.3 is 0 Å². The monoisotopic (exact) mass is 369 g/mol. The summed E-state index contributed by atoms with van der Waals surface area (Å²) in [6.45, 7) is 6.84. The number of hydrogen-bond acceptors (Lipinski definition) is 4. The summed E-state index contributed by atoms with van der Waals surface area (Å²) in [4.78, 5) is 28.4. The van der Waals surface area contributed by atoms with Crippen LogP contribution in [0.2, 0.25) is 0 Å². The molecule has 6 nitrogen and oxygen atoms in total. The first-order valence-electron chi connectivity index (χ1n) is 9.49. The topological polar surface area (TPSA) is 65.8 Å². The van der Waals surface area contributed by atoms with Crippen molar-refractivity contribution in [1.29, 1.82) is 0 Å². The van der Waals surface area contributed by atoms with E-state index in [1.807, 2.05) is 4.90 Å². The lowest BCUT2D eigenvalue weighted by Crippen LogP contribution is -2.48. The average Bonchev–Trinajstić information content (AvgIpc) is 3.20. The van der Waals surface area contributed by atoms with Gasteiger partial charge in [-0.2, -0.15) is 0 Å². The fourth-order valence-electron chi connectivity index (χ4n) is 3.32. The fraction of sp³-hybridized carbons (Fsp3) is 0.429. The minimum absolute atomic E-state index is 0.164. The Labute approximate surface area is 160 Å². The molecule has 2 aromatic rings. The molecule has 1 aromatic carbocycles. The van der Waals surface area contributed by atoms with Gasteiger partial charge in [-0.1, -0.05) is 29.8 Å². The first kappa shape index (κ1) is 19.2. The molecule has 0 bridgehead atoms. The molecule has 0 aliphatic carbocycles. The molecule has 1 aromatic heterocycles. The highest BCUT2D eigenvalue weighted by molar-refractivity contribution is 5.91. The summed E-state index contributed by atoms with van der Waals surface area (Å²) in [6, 6.07) is 11.9. The number of rotatable bonds is 7. The van der Waals surface area contributed by atoms with Crippen LogP contribution in [0.15, 0.2) is 47.1 Å². The Morgan fingerprint density at radius 2 is 1.93 bits per heavy atom. The second-order valence-corrected chi connectivity index (χ2v) is 6.98. The zero-order chi connectivity index (χ0) is 19.1. The van der Waals surface area contributed by atoms with Crippen molar-refractivity contribution in [2.45, 2.75) is 26.3 Å². The molecule has 2 heterocycles. The minimum atomic E-state index is -0.239. The van der Waals surface area contributed by atoms with Crippen LogP contribution < -0.4 is 5.32 Å². The second-order valence-electron chi connectivity index (χ2n) is 6.98. The molecule has 0 saturated carbocycles. The van der Waals surface area contributed by atoms with E-state index in [4.69, 9.17) is 4.42 Å². The van der Waals surface area contributed by atoms with Crippen LogP contribution in [0.3, 0.4) is 0 Å². The SMILES string of the molecule is Cc1cccc(CN2CCN(C(=O)CCCNC(=O)c3ccco3)CC2)c1. The molecular formula is C21H27N3O3. The first-order chi connectivity index (χ1) is 13.1. The van der Waals surface area contributed by atoms with E-state index < -0.39 is 0 Å². The predicted molar refractivity (Wildman–Crippen MR) is 103 cm³/mol. The van der Waals surface area contributed by atoms with Crippen molar-refractivity contribution >= 4 is 11.8 Å². The molecule has 3 rings (SSSR count). The van der Waals surface area contributed by atoms with E-state index in [2.05, 4.69) is 41.4 Å². The third-order valence-electron chi connectivity index (χ3n) is 4.81. The molecule has 0 radical (unpaired) electrons. The van der Waals surface area contributed by atoms with Crippen LogP contribution in [-0.4, -0.2) is 54.3 Å². The number of nitrogens with one attached hydrogen (secondary N) is 1. The number of benzene rings is 1. The van der Waals surface area contributed by atoms with E-state index in [9.17, 15) is 9.59 Å². The van der Waals surface area contributed by atoms with Crippen molar-refractivity contribution in [1.82, 2.24) is 15.1 Å². The normalized spacial score (nSPS) is 14.9. The van der Waals surface area contributed by atoms with Crippen LogP contribution >= 0.6 is 0 Å². The minimum Gasteiger partial charge on any atom is -0.459 e. The maximum Gasteiger partial charge on any atom is 0.286 e. The molecule has 1 aliphatic rings. The highest BCUT2D eigenvalue weighted by atomic mass is 16.3. The molecule has 1 fully saturated rings. The van der Waals surface area contributed by atoms with Gasteiger partial charge in [0.15, 0.2) is 5.76 Å². The van der Waals surface area contributed by atoms with Crippen LogP contribution in [0.4, 0.5) is 0 Å². The fourth-order valence-corrected chi connectivity index (χ4v) is 3.32. The molecule has 1 saturated heterocycles. The van der Waals surface area contributed by atoms with Crippen molar-refractivity contribution in [3.63, 3.8) is 0 Å². The Morgan fingerprint density at radius 3 is 2.63 bits per heavy atom. The highest BCUT2D eigenvalue weighted by Crippen LogP contribution is 2.11. The van der Waals surface area contributed by atoms with Crippen LogP contribution in [0.5, 0.6) is 0 Å². The van der Waals surface area contributed by atoms with Gasteiger partial charge in [0, 0.05) is 45.7 Å². The largest absolute Gasteiger partial charge is 0.459 e. The molecule has 144 valence electrons. The third-order valence-corrected chi connectivity index (χ3v) is 4.81. The van der Waals surface area contributed by atoms with Crippen molar-refractivity contribution in [2.75, 3.05) is 32.7 Å². The summed E-state index contributed by atoms with van der Waals surface area (Å²) in [5.74, 6) is 0.223. The van der Waals surface area contributed by atoms with Gasteiger partial charge in [0.2, 0.25) is 5.91 Å². The summed E-state index contributed by atoms with van der Waals surface area (Å²) < 4.78 is 5.04. The van der Waals surface area contributed by atoms with Gasteiger partial charge in [-0.3, -0.25) is 14.5 Å². The van der Waals surface area contributed by atoms with Crippen molar-refractivity contribution in [3.8, 4) is 0 Å². The first-order valence-corrected chi connectivity index (χ1v) is 9.49. The lowest BCUT2D eigenvalue weighted by Gasteiger charge is -2.35. The second kappa shape index (κ2) is 9.37. The Morgan fingerprint density at radius 1 is 1.11 bits per heavy atom. The number of furan rings is 1. The number of amides is 2. The number of piperazine rings is 1. The predicted octanol–water partition coefficient (Wildman–Crippen LogP) is 2.44. The number of carbonyl (C=O) groups is 2. The van der Waals surface area contributed by atoms with E-state index in [0.29, 0.717) is 25.1 Å². The van der Waals surface area contributed by atoms with Gasteiger partial charge in [-0.25, -0.2) is 0 Å². The van der Waals surface area contributed by atoms with Crippen molar-refractivity contribution in [2.24, 2.45) is 0 Å². The maximum atomic E-state index is 12.4. The van der Waals surface area contributed by atoms with E-state index in [-0.39, 0.29) is 11.8 Å². The summed E-state index contributed by atoms with van der Waals surface area (Å²) >= 11 is 0. The van der Waals surface area contributed by atoms with E-state index in [0.717, 1.165) is 32.7 Å². The number of carbonyl (C=O) groups excluding carboxylic acids is 2. The Hall–Kier alpha value is -2.60. The quantitative estimate of drug-likeness (QED) is 0.762. The van der Waals surface area contributed by atoms with E-state index >= 15 is 0 Å². The lowest BCUT2D eigenvalue weighted by molar-refractivity contribution is -0.133. The molecular weight excluding hydrogens is 342 g/mol. The molecule has 27 heavy (non-hydrogen) atoms. The van der Waals surface area contributed by atoms with Gasteiger partial charge in [-0.15, -0.1) is 0 Å². The average molecular weight is 369 g/mol. The zero-order valence-corrected chi connectivity index (χ0v) is 15.8. The molecule has 0 atom stereocenters. The highest BCUT2D eigenvalue weighted by Gasteiger charge is 2.20. The summed E-state index contributed by atoms with van der Waals surface area (Å²) in [5.41, 5.74) is 2.60. The van der Waals surface area contributed by atoms with Gasteiger partial charge in [0.1, 0.15) is 0 Å². The van der Waals surface area contributed by atoms with Gasteiger partial charge in [0.25, 0.3) is 5.91 Å². The maximum absolute atomic E-state index is 12.4. The number of nitrogens with zero attached hydrogens (tertiary/aromatic N) is 2. The summed E-state index contributed by atoms with van der Waals surface area (Å²) in [5, 5.41) is 2.77. The zero-order valence-electron chi connectivity index (χ0n) is 15.8. The molecule has 1 aliphatic heterocycles. The van der Waals surface area contributed by atoms with Crippen LogP contribution in [-0.2, 0) is 11.3 Å². The third kappa shape index (κ3) is 5.69. The lowest BCUT2D eigenvalue weighted by atomic mass is 10.1. The van der Waals surface area contributed by atoms with Gasteiger partial charge in [0.05, 0.1) is 6.26 Å².